The van der Waals surface area contributed by atoms with Crippen molar-refractivity contribution in [3.8, 4) is 5.75 Å². The quantitative estimate of drug-likeness (QED) is 0.843. The van der Waals surface area contributed by atoms with Gasteiger partial charge < -0.3 is 10.1 Å². The van der Waals surface area contributed by atoms with Gasteiger partial charge in [0.25, 0.3) is 0 Å². The molecule has 0 spiro atoms. The molecule has 20 heavy (non-hydrogen) atoms. The van der Waals surface area contributed by atoms with E-state index < -0.39 is 0 Å². The number of rotatable bonds is 5. The van der Waals surface area contributed by atoms with Gasteiger partial charge in [-0.2, -0.15) is 0 Å². The Balaban J connectivity index is 2.11. The molecule has 2 aromatic rings. The van der Waals surface area contributed by atoms with E-state index in [2.05, 4.69) is 5.32 Å². The normalized spacial score (nSPS) is 10.2. The van der Waals surface area contributed by atoms with Crippen molar-refractivity contribution >= 4 is 11.5 Å². The predicted octanol–water partition coefficient (Wildman–Crippen LogP) is 3.61. The van der Waals surface area contributed by atoms with Crippen LogP contribution in [-0.4, -0.2) is 19.4 Å². The lowest BCUT2D eigenvalue weighted by Gasteiger charge is -2.11. The largest absolute Gasteiger partial charge is 0.496 e. The van der Waals surface area contributed by atoms with Crippen LogP contribution in [0.4, 0.5) is 5.69 Å². The highest BCUT2D eigenvalue weighted by Crippen LogP contribution is 2.22. The van der Waals surface area contributed by atoms with E-state index in [1.807, 2.05) is 56.3 Å². The molecule has 3 nitrogen and oxygen atoms in total. The Bertz CT molecular complexity index is 606. The van der Waals surface area contributed by atoms with Crippen LogP contribution in [0.15, 0.2) is 42.5 Å². The number of carbonyl (C=O) groups is 1. The molecule has 0 aromatic heterocycles. The lowest BCUT2D eigenvalue weighted by molar-refractivity contribution is 0.101. The second-order valence-corrected chi connectivity index (χ2v) is 4.78. The van der Waals surface area contributed by atoms with Crippen LogP contribution in [0, 0.1) is 13.8 Å². The number of nitrogens with one attached hydrogen (secondary N) is 1. The van der Waals surface area contributed by atoms with Crippen molar-refractivity contribution in [1.82, 2.24) is 0 Å². The van der Waals surface area contributed by atoms with Crippen LogP contribution in [0.5, 0.6) is 5.75 Å². The summed E-state index contributed by atoms with van der Waals surface area (Å²) in [5, 5.41) is 3.14. The third kappa shape index (κ3) is 3.18. The van der Waals surface area contributed by atoms with E-state index in [-0.39, 0.29) is 12.3 Å². The van der Waals surface area contributed by atoms with Crippen LogP contribution in [-0.2, 0) is 0 Å². The van der Waals surface area contributed by atoms with Crippen molar-refractivity contribution in [3.05, 3.63) is 59.2 Å². The van der Waals surface area contributed by atoms with Gasteiger partial charge in [0.2, 0.25) is 0 Å². The summed E-state index contributed by atoms with van der Waals surface area (Å²) in [4.78, 5) is 12.3. The van der Waals surface area contributed by atoms with Crippen molar-refractivity contribution in [3.63, 3.8) is 0 Å². The monoisotopic (exact) mass is 269 g/mol. The Labute approximate surface area is 119 Å². The molecule has 0 atom stereocenters. The van der Waals surface area contributed by atoms with Crippen molar-refractivity contribution in [2.75, 3.05) is 19.0 Å². The van der Waals surface area contributed by atoms with E-state index in [9.17, 15) is 4.79 Å². The summed E-state index contributed by atoms with van der Waals surface area (Å²) >= 11 is 0. The number of carbonyl (C=O) groups excluding carboxylic acids is 1. The van der Waals surface area contributed by atoms with E-state index >= 15 is 0 Å². The molecule has 0 aliphatic heterocycles. The number of anilines is 1. The first-order valence-electron chi connectivity index (χ1n) is 6.59. The van der Waals surface area contributed by atoms with Crippen molar-refractivity contribution in [1.29, 1.82) is 0 Å². The summed E-state index contributed by atoms with van der Waals surface area (Å²) in [5.74, 6) is 0.896. The van der Waals surface area contributed by atoms with Crippen molar-refractivity contribution < 1.29 is 9.53 Å². The third-order valence-corrected chi connectivity index (χ3v) is 3.27. The maximum Gasteiger partial charge on any atom is 0.182 e. The molecule has 0 radical (unpaired) electrons. The first kappa shape index (κ1) is 14.1. The number of hydrogen-bond acceptors (Lipinski definition) is 3. The van der Waals surface area contributed by atoms with Gasteiger partial charge in [-0.15, -0.1) is 0 Å². The molecule has 1 N–H and O–H groups in total. The minimum Gasteiger partial charge on any atom is -0.496 e. The number of methoxy groups -OCH3 is 1. The molecule has 104 valence electrons. The summed E-state index contributed by atoms with van der Waals surface area (Å²) in [5.41, 5.74) is 3.60. The fraction of sp³-hybridized carbons (Fsp3) is 0.235. The molecule has 0 heterocycles. The summed E-state index contributed by atoms with van der Waals surface area (Å²) in [6, 6.07) is 13.5. The number of aryl methyl sites for hydroxylation is 2. The van der Waals surface area contributed by atoms with E-state index in [0.717, 1.165) is 28.1 Å². The molecule has 0 saturated carbocycles. The molecule has 2 rings (SSSR count). The highest BCUT2D eigenvalue weighted by molar-refractivity contribution is 6.00. The minimum atomic E-state index is 0.0807. The van der Waals surface area contributed by atoms with Gasteiger partial charge in [-0.1, -0.05) is 18.2 Å². The Kier molecular flexibility index (Phi) is 4.41. The third-order valence-electron chi connectivity index (χ3n) is 3.27. The SMILES string of the molecule is COc1cc(C)c(C(=O)CNc2ccccc2)cc1C. The zero-order valence-electron chi connectivity index (χ0n) is 12.1. The Morgan fingerprint density at radius 1 is 1.10 bits per heavy atom. The van der Waals surface area contributed by atoms with Gasteiger partial charge in [-0.05, 0) is 49.2 Å². The lowest BCUT2D eigenvalue weighted by Crippen LogP contribution is -2.15. The predicted molar refractivity (Wildman–Crippen MR) is 81.7 cm³/mol. The number of hydrogen-bond donors (Lipinski definition) is 1. The number of para-hydroxylation sites is 1. The van der Waals surface area contributed by atoms with E-state index in [1.165, 1.54) is 0 Å². The van der Waals surface area contributed by atoms with Crippen LogP contribution in [0.2, 0.25) is 0 Å². The fourth-order valence-corrected chi connectivity index (χ4v) is 2.14. The van der Waals surface area contributed by atoms with Crippen molar-refractivity contribution in [2.24, 2.45) is 0 Å². The van der Waals surface area contributed by atoms with E-state index in [1.54, 1.807) is 7.11 Å². The van der Waals surface area contributed by atoms with Gasteiger partial charge in [-0.25, -0.2) is 0 Å². The molecule has 0 aliphatic carbocycles. The minimum absolute atomic E-state index is 0.0807. The number of benzene rings is 2. The van der Waals surface area contributed by atoms with Crippen LogP contribution in [0.25, 0.3) is 0 Å². The Morgan fingerprint density at radius 3 is 2.45 bits per heavy atom. The molecule has 0 aliphatic rings. The zero-order chi connectivity index (χ0) is 14.5. The van der Waals surface area contributed by atoms with Gasteiger partial charge in [0.1, 0.15) is 5.75 Å². The average molecular weight is 269 g/mol. The van der Waals surface area contributed by atoms with Gasteiger partial charge >= 0.3 is 0 Å². The first-order valence-corrected chi connectivity index (χ1v) is 6.59. The fourth-order valence-electron chi connectivity index (χ4n) is 2.14. The van der Waals surface area contributed by atoms with Crippen LogP contribution in [0.1, 0.15) is 21.5 Å². The van der Waals surface area contributed by atoms with E-state index in [4.69, 9.17) is 4.74 Å². The molecule has 2 aromatic carbocycles. The molecule has 3 heteroatoms. The summed E-state index contributed by atoms with van der Waals surface area (Å²) in [6.45, 7) is 4.16. The Hall–Kier alpha value is -2.29. The number of Topliss-reactive ketones (excluding diaryl/α,β-unsaturated/α-hetero) is 1. The van der Waals surface area contributed by atoms with E-state index in [0.29, 0.717) is 0 Å². The van der Waals surface area contributed by atoms with Gasteiger partial charge in [0.05, 0.1) is 13.7 Å². The molecule has 0 unspecified atom stereocenters. The highest BCUT2D eigenvalue weighted by Gasteiger charge is 2.12. The zero-order valence-corrected chi connectivity index (χ0v) is 12.1. The second kappa shape index (κ2) is 6.24. The van der Waals surface area contributed by atoms with Crippen LogP contribution in [0.3, 0.4) is 0 Å². The standard InChI is InChI=1S/C17H19NO2/c1-12-10-17(20-3)13(2)9-15(12)16(19)11-18-14-7-5-4-6-8-14/h4-10,18H,11H2,1-3H3. The molecule has 0 bridgehead atoms. The maximum absolute atomic E-state index is 12.3. The maximum atomic E-state index is 12.3. The summed E-state index contributed by atoms with van der Waals surface area (Å²) < 4.78 is 5.26. The number of ether oxygens (including phenoxy) is 1. The van der Waals surface area contributed by atoms with Crippen LogP contribution < -0.4 is 10.1 Å². The highest BCUT2D eigenvalue weighted by atomic mass is 16.5. The summed E-state index contributed by atoms with van der Waals surface area (Å²) in [7, 11) is 1.64. The molecule has 0 fully saturated rings. The van der Waals surface area contributed by atoms with Crippen molar-refractivity contribution in [2.45, 2.75) is 13.8 Å². The second-order valence-electron chi connectivity index (χ2n) is 4.78. The molecular formula is C17H19NO2. The lowest BCUT2D eigenvalue weighted by atomic mass is 10.0. The average Bonchev–Trinajstić information content (AvgIpc) is 2.47. The van der Waals surface area contributed by atoms with Crippen LogP contribution >= 0.6 is 0 Å². The topological polar surface area (TPSA) is 38.3 Å². The smallest absolute Gasteiger partial charge is 0.182 e. The van der Waals surface area contributed by atoms with Gasteiger partial charge in [0.15, 0.2) is 5.78 Å². The molecule has 0 saturated heterocycles. The number of ketones is 1. The molecule has 0 amide bonds. The first-order chi connectivity index (χ1) is 9.61. The Morgan fingerprint density at radius 2 is 1.80 bits per heavy atom. The van der Waals surface area contributed by atoms with Gasteiger partial charge in [0, 0.05) is 11.3 Å². The summed E-state index contributed by atoms with van der Waals surface area (Å²) in [6.07, 6.45) is 0. The molecular weight excluding hydrogens is 250 g/mol. The van der Waals surface area contributed by atoms with Gasteiger partial charge in [-0.3, -0.25) is 4.79 Å².